The van der Waals surface area contributed by atoms with Gasteiger partial charge in [-0.2, -0.15) is 11.8 Å². The average Bonchev–Trinajstić information content (AvgIpc) is 3.29. The second-order valence-corrected chi connectivity index (χ2v) is 7.72. The summed E-state index contributed by atoms with van der Waals surface area (Å²) in [6, 6.07) is 7.80. The van der Waals surface area contributed by atoms with Crippen molar-refractivity contribution in [2.45, 2.75) is 18.6 Å². The highest BCUT2D eigenvalue weighted by atomic mass is 32.2. The number of carbonyl (C=O) groups excluding carboxylic acids is 1. The van der Waals surface area contributed by atoms with Crippen LogP contribution in [-0.2, 0) is 5.75 Å². The normalized spacial score (nSPS) is 13.9. The maximum Gasteiger partial charge on any atom is 0.319 e. The van der Waals surface area contributed by atoms with Crippen molar-refractivity contribution in [3.8, 4) is 0 Å². The molecule has 24 heavy (non-hydrogen) atoms. The van der Waals surface area contributed by atoms with Gasteiger partial charge in [-0.3, -0.25) is 0 Å². The summed E-state index contributed by atoms with van der Waals surface area (Å²) in [6.07, 6.45) is 4.14. The van der Waals surface area contributed by atoms with Crippen LogP contribution in [0.15, 0.2) is 35.8 Å². The standard InChI is InChI=1S/C17H22N4OS2/c22-17(19-8-12-23-13-14-5-4-11-24-14)20-15-6-3-7-18-16(15)21-9-1-2-10-21/h3-7,11H,1-2,8-10,12-13H2,(H2,19,20,22). The Labute approximate surface area is 150 Å². The van der Waals surface area contributed by atoms with Crippen LogP contribution in [0.3, 0.4) is 0 Å². The fourth-order valence-electron chi connectivity index (χ4n) is 2.65. The number of hydrogen-bond donors (Lipinski definition) is 2. The molecule has 2 N–H and O–H groups in total. The molecule has 0 unspecified atom stereocenters. The molecule has 7 heteroatoms. The van der Waals surface area contributed by atoms with Gasteiger partial charge in [-0.25, -0.2) is 9.78 Å². The van der Waals surface area contributed by atoms with Gasteiger partial charge in [0.1, 0.15) is 0 Å². The molecule has 0 aromatic carbocycles. The van der Waals surface area contributed by atoms with Gasteiger partial charge in [0, 0.05) is 42.2 Å². The van der Waals surface area contributed by atoms with E-state index >= 15 is 0 Å². The molecule has 1 fully saturated rings. The third kappa shape index (κ3) is 4.88. The zero-order valence-electron chi connectivity index (χ0n) is 13.5. The van der Waals surface area contributed by atoms with Gasteiger partial charge in [-0.1, -0.05) is 6.07 Å². The van der Waals surface area contributed by atoms with Gasteiger partial charge < -0.3 is 15.5 Å². The van der Waals surface area contributed by atoms with Crippen LogP contribution in [0.2, 0.25) is 0 Å². The maximum absolute atomic E-state index is 12.1. The summed E-state index contributed by atoms with van der Waals surface area (Å²) in [7, 11) is 0. The first-order valence-corrected chi connectivity index (χ1v) is 10.2. The summed E-state index contributed by atoms with van der Waals surface area (Å²) < 4.78 is 0. The zero-order chi connectivity index (χ0) is 16.6. The number of amides is 2. The predicted molar refractivity (Wildman–Crippen MR) is 103 cm³/mol. The molecule has 0 spiro atoms. The molecule has 0 bridgehead atoms. The van der Waals surface area contributed by atoms with Crippen molar-refractivity contribution in [3.05, 3.63) is 40.7 Å². The summed E-state index contributed by atoms with van der Waals surface area (Å²) >= 11 is 3.60. The average molecular weight is 363 g/mol. The smallest absolute Gasteiger partial charge is 0.319 e. The van der Waals surface area contributed by atoms with Gasteiger partial charge in [-0.05, 0) is 36.4 Å². The number of rotatable bonds is 7. The van der Waals surface area contributed by atoms with Crippen molar-refractivity contribution < 1.29 is 4.79 Å². The fraction of sp³-hybridized carbons (Fsp3) is 0.412. The largest absolute Gasteiger partial charge is 0.355 e. The molecule has 1 saturated heterocycles. The van der Waals surface area contributed by atoms with Crippen LogP contribution in [0.4, 0.5) is 16.3 Å². The SMILES string of the molecule is O=C(NCCSCc1cccs1)Nc1cccnc1N1CCCC1. The molecule has 5 nitrogen and oxygen atoms in total. The van der Waals surface area contributed by atoms with Gasteiger partial charge in [-0.15, -0.1) is 11.3 Å². The Morgan fingerprint density at radius 3 is 2.96 bits per heavy atom. The van der Waals surface area contributed by atoms with E-state index in [1.807, 2.05) is 23.9 Å². The number of nitrogens with zero attached hydrogens (tertiary/aromatic N) is 2. The van der Waals surface area contributed by atoms with Gasteiger partial charge in [0.25, 0.3) is 0 Å². The van der Waals surface area contributed by atoms with Gasteiger partial charge >= 0.3 is 6.03 Å². The van der Waals surface area contributed by atoms with Crippen LogP contribution in [0.1, 0.15) is 17.7 Å². The number of carbonyl (C=O) groups is 1. The van der Waals surface area contributed by atoms with Gasteiger partial charge in [0.15, 0.2) is 5.82 Å². The highest BCUT2D eigenvalue weighted by Crippen LogP contribution is 2.25. The first-order chi connectivity index (χ1) is 11.8. The molecule has 2 aromatic rings. The summed E-state index contributed by atoms with van der Waals surface area (Å²) in [5.74, 6) is 2.78. The molecule has 0 atom stereocenters. The van der Waals surface area contributed by atoms with E-state index < -0.39 is 0 Å². The highest BCUT2D eigenvalue weighted by Gasteiger charge is 2.17. The first kappa shape index (κ1) is 17.1. The van der Waals surface area contributed by atoms with E-state index in [1.165, 1.54) is 17.7 Å². The minimum Gasteiger partial charge on any atom is -0.355 e. The van der Waals surface area contributed by atoms with Crippen molar-refractivity contribution in [2.24, 2.45) is 0 Å². The molecule has 2 amide bonds. The molecule has 0 saturated carbocycles. The van der Waals surface area contributed by atoms with Crippen molar-refractivity contribution >= 4 is 40.6 Å². The van der Waals surface area contributed by atoms with E-state index in [1.54, 1.807) is 17.5 Å². The lowest BCUT2D eigenvalue weighted by Crippen LogP contribution is -2.31. The van der Waals surface area contributed by atoms with E-state index in [0.717, 1.165) is 36.1 Å². The van der Waals surface area contributed by atoms with Crippen LogP contribution in [0.5, 0.6) is 0 Å². The van der Waals surface area contributed by atoms with Crippen LogP contribution < -0.4 is 15.5 Å². The molecule has 0 radical (unpaired) electrons. The molecule has 2 aromatic heterocycles. The number of urea groups is 1. The topological polar surface area (TPSA) is 57.3 Å². The van der Waals surface area contributed by atoms with E-state index in [0.29, 0.717) is 6.54 Å². The zero-order valence-corrected chi connectivity index (χ0v) is 15.2. The third-order valence-electron chi connectivity index (χ3n) is 3.80. The predicted octanol–water partition coefficient (Wildman–Crippen LogP) is 3.80. The molecule has 3 rings (SSSR count). The number of anilines is 2. The first-order valence-electron chi connectivity index (χ1n) is 8.18. The Balaban J connectivity index is 1.41. The lowest BCUT2D eigenvalue weighted by molar-refractivity contribution is 0.252. The summed E-state index contributed by atoms with van der Waals surface area (Å²) in [6.45, 7) is 2.67. The number of nitrogens with one attached hydrogen (secondary N) is 2. The fourth-order valence-corrected chi connectivity index (χ4v) is 4.35. The molecule has 1 aliphatic rings. The quantitative estimate of drug-likeness (QED) is 0.736. The molecular weight excluding hydrogens is 340 g/mol. The Morgan fingerprint density at radius 2 is 2.17 bits per heavy atom. The Hall–Kier alpha value is -1.73. The Kier molecular flexibility index (Phi) is 6.37. The van der Waals surface area contributed by atoms with Crippen molar-refractivity contribution in [1.29, 1.82) is 0 Å². The van der Waals surface area contributed by atoms with E-state index in [4.69, 9.17) is 0 Å². The minimum atomic E-state index is -0.167. The third-order valence-corrected chi connectivity index (χ3v) is 5.86. The number of hydrogen-bond acceptors (Lipinski definition) is 5. The van der Waals surface area contributed by atoms with E-state index in [2.05, 4.69) is 38.0 Å². The van der Waals surface area contributed by atoms with Crippen LogP contribution >= 0.6 is 23.1 Å². The van der Waals surface area contributed by atoms with Crippen molar-refractivity contribution in [1.82, 2.24) is 10.3 Å². The lowest BCUT2D eigenvalue weighted by atomic mass is 10.3. The summed E-state index contributed by atoms with van der Waals surface area (Å²) in [5.41, 5.74) is 0.781. The number of aromatic nitrogens is 1. The second kappa shape index (κ2) is 8.94. The van der Waals surface area contributed by atoms with Crippen molar-refractivity contribution in [3.63, 3.8) is 0 Å². The van der Waals surface area contributed by atoms with Gasteiger partial charge in [0.05, 0.1) is 5.69 Å². The van der Waals surface area contributed by atoms with Crippen LogP contribution in [-0.4, -0.2) is 36.4 Å². The minimum absolute atomic E-state index is 0.167. The maximum atomic E-state index is 12.1. The van der Waals surface area contributed by atoms with E-state index in [-0.39, 0.29) is 6.03 Å². The van der Waals surface area contributed by atoms with E-state index in [9.17, 15) is 4.79 Å². The summed E-state index contributed by atoms with van der Waals surface area (Å²) in [4.78, 5) is 20.1. The molecule has 1 aliphatic heterocycles. The second-order valence-electron chi connectivity index (χ2n) is 5.58. The van der Waals surface area contributed by atoms with Crippen LogP contribution in [0, 0.1) is 0 Å². The summed E-state index contributed by atoms with van der Waals surface area (Å²) in [5, 5.41) is 7.94. The number of thiophene rings is 1. The molecule has 128 valence electrons. The highest BCUT2D eigenvalue weighted by molar-refractivity contribution is 7.98. The van der Waals surface area contributed by atoms with Crippen LogP contribution in [0.25, 0.3) is 0 Å². The molecule has 3 heterocycles. The Morgan fingerprint density at radius 1 is 1.29 bits per heavy atom. The monoisotopic (exact) mass is 362 g/mol. The molecular formula is C17H22N4OS2. The van der Waals surface area contributed by atoms with Crippen molar-refractivity contribution in [2.75, 3.05) is 35.6 Å². The number of thioether (sulfide) groups is 1. The molecule has 0 aliphatic carbocycles. The van der Waals surface area contributed by atoms with Gasteiger partial charge in [0.2, 0.25) is 0 Å². The Bertz CT molecular complexity index is 642. The number of pyridine rings is 1. The lowest BCUT2D eigenvalue weighted by Gasteiger charge is -2.20.